The van der Waals surface area contributed by atoms with Crippen molar-refractivity contribution in [2.75, 3.05) is 26.9 Å². The maximum absolute atomic E-state index is 13.2. The molecule has 2 unspecified atom stereocenters. The predicted molar refractivity (Wildman–Crippen MR) is 128 cm³/mol. The van der Waals surface area contributed by atoms with Crippen molar-refractivity contribution in [3.63, 3.8) is 0 Å². The van der Waals surface area contributed by atoms with Crippen LogP contribution in [0.2, 0.25) is 0 Å². The standard InChI is InChI=1S/C27H29NO6/c1-4-12-33-21-8-5-7-18(16-21)24-23(26(30)27(31)28(24)11-6-13-32-3)25(29)19-9-10-22-20(15-19)14-17(2)34-22/h4-5,7-10,15-17,24,29H,1,6,11-14H2,2-3H3/b25-23+. The third-order valence-electron chi connectivity index (χ3n) is 6.00. The molecule has 2 aromatic carbocycles. The number of nitrogens with zero attached hydrogens (tertiary/aromatic N) is 1. The summed E-state index contributed by atoms with van der Waals surface area (Å²) >= 11 is 0. The zero-order valence-electron chi connectivity index (χ0n) is 19.5. The smallest absolute Gasteiger partial charge is 0.295 e. The quantitative estimate of drug-likeness (QED) is 0.199. The first kappa shape index (κ1) is 23.6. The Bertz CT molecular complexity index is 1140. The van der Waals surface area contributed by atoms with Gasteiger partial charge in [-0.05, 0) is 54.8 Å². The van der Waals surface area contributed by atoms with Crippen molar-refractivity contribution in [1.29, 1.82) is 0 Å². The number of amides is 1. The lowest BCUT2D eigenvalue weighted by Crippen LogP contribution is -2.31. The molecule has 1 N–H and O–H groups in total. The number of benzene rings is 2. The summed E-state index contributed by atoms with van der Waals surface area (Å²) in [6.07, 6.45) is 2.97. The largest absolute Gasteiger partial charge is 0.507 e. The Morgan fingerprint density at radius 3 is 2.85 bits per heavy atom. The highest BCUT2D eigenvalue weighted by Crippen LogP contribution is 2.41. The number of ether oxygens (including phenoxy) is 3. The molecule has 2 aliphatic heterocycles. The second-order valence-corrected chi connectivity index (χ2v) is 8.47. The molecule has 34 heavy (non-hydrogen) atoms. The minimum Gasteiger partial charge on any atom is -0.507 e. The first-order valence-corrected chi connectivity index (χ1v) is 11.4. The fourth-order valence-electron chi connectivity index (χ4n) is 4.49. The van der Waals surface area contributed by atoms with E-state index in [2.05, 4.69) is 6.58 Å². The molecule has 7 heteroatoms. The lowest BCUT2D eigenvalue weighted by molar-refractivity contribution is -0.140. The van der Waals surface area contributed by atoms with Gasteiger partial charge in [-0.2, -0.15) is 0 Å². The predicted octanol–water partition coefficient (Wildman–Crippen LogP) is 4.03. The molecule has 2 atom stereocenters. The van der Waals surface area contributed by atoms with Crippen molar-refractivity contribution in [3.05, 3.63) is 77.4 Å². The normalized spacial score (nSPS) is 20.8. The zero-order valence-corrected chi connectivity index (χ0v) is 19.5. The molecule has 2 aromatic rings. The van der Waals surface area contributed by atoms with E-state index in [9.17, 15) is 14.7 Å². The van der Waals surface area contributed by atoms with Gasteiger partial charge in [-0.25, -0.2) is 0 Å². The van der Waals surface area contributed by atoms with E-state index < -0.39 is 17.7 Å². The van der Waals surface area contributed by atoms with Crippen LogP contribution in [-0.4, -0.2) is 54.7 Å². The Morgan fingerprint density at radius 1 is 1.26 bits per heavy atom. The SMILES string of the molecule is C=CCOc1cccc(C2/C(=C(\O)c3ccc4c(c3)CC(C)O4)C(=O)C(=O)N2CCCOC)c1. The average molecular weight is 464 g/mol. The van der Waals surface area contributed by atoms with E-state index in [4.69, 9.17) is 14.2 Å². The second kappa shape index (κ2) is 10.1. The first-order valence-electron chi connectivity index (χ1n) is 11.4. The third kappa shape index (κ3) is 4.56. The Labute approximate surface area is 199 Å². The molecule has 2 aliphatic rings. The van der Waals surface area contributed by atoms with Crippen LogP contribution in [0.3, 0.4) is 0 Å². The van der Waals surface area contributed by atoms with Crippen molar-refractivity contribution < 1.29 is 28.9 Å². The summed E-state index contributed by atoms with van der Waals surface area (Å²) in [5, 5.41) is 11.3. The molecule has 0 aromatic heterocycles. The Kier molecular flexibility index (Phi) is 7.03. The third-order valence-corrected chi connectivity index (χ3v) is 6.00. The Morgan fingerprint density at radius 2 is 2.09 bits per heavy atom. The van der Waals surface area contributed by atoms with Crippen LogP contribution < -0.4 is 9.47 Å². The van der Waals surface area contributed by atoms with Gasteiger partial charge in [-0.15, -0.1) is 0 Å². The molecule has 1 amide bonds. The summed E-state index contributed by atoms with van der Waals surface area (Å²) in [5.41, 5.74) is 2.19. The highest BCUT2D eigenvalue weighted by atomic mass is 16.5. The van der Waals surface area contributed by atoms with Crippen molar-refractivity contribution in [2.24, 2.45) is 0 Å². The molecule has 2 heterocycles. The number of aliphatic hydroxyl groups excluding tert-OH is 1. The Hall–Kier alpha value is -3.58. The maximum Gasteiger partial charge on any atom is 0.295 e. The van der Waals surface area contributed by atoms with Gasteiger partial charge in [0.05, 0.1) is 11.6 Å². The van der Waals surface area contributed by atoms with Gasteiger partial charge in [0.1, 0.15) is 30.0 Å². The molecule has 0 radical (unpaired) electrons. The maximum atomic E-state index is 13.2. The van der Waals surface area contributed by atoms with Crippen LogP contribution in [0.1, 0.15) is 36.1 Å². The van der Waals surface area contributed by atoms with E-state index in [1.54, 1.807) is 43.5 Å². The summed E-state index contributed by atoms with van der Waals surface area (Å²) < 4.78 is 16.6. The molecule has 0 aliphatic carbocycles. The highest BCUT2D eigenvalue weighted by Gasteiger charge is 2.46. The number of likely N-dealkylation sites (tertiary alicyclic amines) is 1. The van der Waals surface area contributed by atoms with E-state index in [1.165, 1.54) is 4.90 Å². The molecule has 7 nitrogen and oxygen atoms in total. The molecule has 0 saturated carbocycles. The van der Waals surface area contributed by atoms with Crippen LogP contribution in [0.4, 0.5) is 0 Å². The van der Waals surface area contributed by atoms with Crippen LogP contribution in [0.25, 0.3) is 5.76 Å². The molecule has 178 valence electrons. The van der Waals surface area contributed by atoms with Crippen molar-refractivity contribution >= 4 is 17.4 Å². The van der Waals surface area contributed by atoms with Crippen LogP contribution in [0.5, 0.6) is 11.5 Å². The molecule has 1 fully saturated rings. The average Bonchev–Trinajstić information content (AvgIpc) is 3.33. The first-order chi connectivity index (χ1) is 16.4. The number of carbonyl (C=O) groups excluding carboxylic acids is 2. The summed E-state index contributed by atoms with van der Waals surface area (Å²) in [5.74, 6) is -0.186. The van der Waals surface area contributed by atoms with E-state index in [0.717, 1.165) is 11.3 Å². The van der Waals surface area contributed by atoms with Crippen LogP contribution in [0.15, 0.2) is 60.7 Å². The summed E-state index contributed by atoms with van der Waals surface area (Å²) in [4.78, 5) is 27.7. The van der Waals surface area contributed by atoms with E-state index >= 15 is 0 Å². The highest BCUT2D eigenvalue weighted by molar-refractivity contribution is 6.46. The molecular formula is C27H29NO6. The minimum atomic E-state index is -0.743. The van der Waals surface area contributed by atoms with Crippen molar-refractivity contribution in [3.8, 4) is 11.5 Å². The van der Waals surface area contributed by atoms with Crippen molar-refractivity contribution in [2.45, 2.75) is 31.9 Å². The number of carbonyl (C=O) groups is 2. The Balaban J connectivity index is 1.79. The lowest BCUT2D eigenvalue weighted by atomic mass is 9.94. The number of hydrogen-bond acceptors (Lipinski definition) is 6. The summed E-state index contributed by atoms with van der Waals surface area (Å²) in [6, 6.07) is 11.8. The monoisotopic (exact) mass is 463 g/mol. The number of hydrogen-bond donors (Lipinski definition) is 1. The number of aliphatic hydroxyl groups is 1. The van der Waals surface area contributed by atoms with Gasteiger partial charge in [0.15, 0.2) is 0 Å². The molecular weight excluding hydrogens is 434 g/mol. The second-order valence-electron chi connectivity index (χ2n) is 8.47. The number of methoxy groups -OCH3 is 1. The van der Waals surface area contributed by atoms with E-state index in [0.29, 0.717) is 49.5 Å². The van der Waals surface area contributed by atoms with Gasteiger partial charge in [-0.1, -0.05) is 24.8 Å². The lowest BCUT2D eigenvalue weighted by Gasteiger charge is -2.25. The number of rotatable bonds is 9. The summed E-state index contributed by atoms with van der Waals surface area (Å²) in [6.45, 7) is 6.73. The van der Waals surface area contributed by atoms with Gasteiger partial charge >= 0.3 is 0 Å². The number of ketones is 1. The van der Waals surface area contributed by atoms with E-state index in [1.807, 2.05) is 19.1 Å². The molecule has 1 saturated heterocycles. The van der Waals surface area contributed by atoms with E-state index in [-0.39, 0.29) is 17.4 Å². The summed E-state index contributed by atoms with van der Waals surface area (Å²) in [7, 11) is 1.59. The van der Waals surface area contributed by atoms with Gasteiger partial charge < -0.3 is 24.2 Å². The van der Waals surface area contributed by atoms with Crippen LogP contribution in [-0.2, 0) is 20.7 Å². The van der Waals surface area contributed by atoms with Crippen molar-refractivity contribution in [1.82, 2.24) is 4.90 Å². The number of Topliss-reactive ketones (excluding diaryl/α,β-unsaturated/α-hetero) is 1. The fraction of sp³-hybridized carbons (Fsp3) is 0.333. The molecule has 0 bridgehead atoms. The topological polar surface area (TPSA) is 85.3 Å². The molecule has 0 spiro atoms. The number of fused-ring (bicyclic) bond motifs is 1. The zero-order chi connectivity index (χ0) is 24.2. The van der Waals surface area contributed by atoms with Gasteiger partial charge in [-0.3, -0.25) is 9.59 Å². The van der Waals surface area contributed by atoms with Crippen LogP contribution in [0, 0.1) is 0 Å². The van der Waals surface area contributed by atoms with Gasteiger partial charge in [0.25, 0.3) is 11.7 Å². The minimum absolute atomic E-state index is 0.0528. The van der Waals surface area contributed by atoms with Gasteiger partial charge in [0, 0.05) is 32.2 Å². The van der Waals surface area contributed by atoms with Gasteiger partial charge in [0.2, 0.25) is 0 Å². The molecule has 4 rings (SSSR count). The fourth-order valence-corrected chi connectivity index (χ4v) is 4.49. The van der Waals surface area contributed by atoms with Crippen LogP contribution >= 0.6 is 0 Å².